The molecule has 10 heteroatoms. The van der Waals surface area contributed by atoms with Crippen LogP contribution in [0.4, 0.5) is 4.39 Å². The fourth-order valence-electron chi connectivity index (χ4n) is 5.91. The number of methoxy groups -OCH3 is 1. The second-order valence-electron chi connectivity index (χ2n) is 10.3. The smallest absolute Gasteiger partial charge is 0.308 e. The molecule has 0 aromatic heterocycles. The number of halogens is 3. The molecule has 3 aromatic rings. The second-order valence-corrected chi connectivity index (χ2v) is 11.2. The fourth-order valence-corrected chi connectivity index (χ4v) is 6.16. The monoisotopic (exact) mass is 599 g/mol. The van der Waals surface area contributed by atoms with E-state index < -0.39 is 35.4 Å². The van der Waals surface area contributed by atoms with Gasteiger partial charge in [-0.1, -0.05) is 47.5 Å². The number of amides is 1. The highest BCUT2D eigenvalue weighted by Gasteiger charge is 2.58. The van der Waals surface area contributed by atoms with Gasteiger partial charge in [-0.25, -0.2) is 4.39 Å². The maximum atomic E-state index is 16.4. The molecule has 0 spiro atoms. The van der Waals surface area contributed by atoms with Gasteiger partial charge in [-0.15, -0.1) is 0 Å². The van der Waals surface area contributed by atoms with Crippen molar-refractivity contribution in [1.82, 2.24) is 4.90 Å². The van der Waals surface area contributed by atoms with E-state index in [1.165, 1.54) is 25.0 Å². The maximum Gasteiger partial charge on any atom is 0.308 e. The summed E-state index contributed by atoms with van der Waals surface area (Å²) in [6.07, 6.45) is 0.998. The van der Waals surface area contributed by atoms with E-state index in [2.05, 4.69) is 0 Å². The molecule has 5 rings (SSSR count). The number of Topliss-reactive ketones (excluding diaryl/α,β-unsaturated/α-hetero) is 1. The number of aliphatic carboxylic acids is 1. The predicted molar refractivity (Wildman–Crippen MR) is 151 cm³/mol. The molecule has 0 saturated carbocycles. The van der Waals surface area contributed by atoms with Gasteiger partial charge in [-0.3, -0.25) is 19.3 Å². The minimum absolute atomic E-state index is 0.0683. The van der Waals surface area contributed by atoms with Crippen molar-refractivity contribution < 1.29 is 33.4 Å². The molecule has 2 aliphatic heterocycles. The highest BCUT2D eigenvalue weighted by atomic mass is 35.5. The predicted octanol–water partition coefficient (Wildman–Crippen LogP) is 6.51. The van der Waals surface area contributed by atoms with Crippen LogP contribution in [0.3, 0.4) is 0 Å². The van der Waals surface area contributed by atoms with Gasteiger partial charge in [-0.05, 0) is 61.7 Å². The number of rotatable bonds is 8. The minimum Gasteiger partial charge on any atom is -0.481 e. The lowest BCUT2D eigenvalue weighted by Crippen LogP contribution is -2.51. The SMILES string of the molecule is CO[C@@]1(c2ccc(Cl)cc2)c2c(F)cc(C(=O)C3CCOCC3)cc2C(=O)N1[C@H](c1ccc(Cl)cc1)[C@H](C)C(=O)O. The summed E-state index contributed by atoms with van der Waals surface area (Å²) in [5.41, 5.74) is -1.18. The van der Waals surface area contributed by atoms with Crippen LogP contribution >= 0.6 is 23.2 Å². The van der Waals surface area contributed by atoms with Gasteiger partial charge < -0.3 is 14.6 Å². The number of carboxylic acids is 1. The topological polar surface area (TPSA) is 93.1 Å². The van der Waals surface area contributed by atoms with Gasteiger partial charge in [0.15, 0.2) is 11.5 Å². The standard InChI is InChI=1S/C31H28Cl2FNO6/c1-17(30(38)39)27(18-3-7-22(32)8-4-18)35-29(37)24-15-20(28(36)19-11-13-41-14-12-19)16-25(34)26(24)31(35,40-2)21-5-9-23(33)10-6-21/h3-10,15-17,19,27H,11-14H2,1-2H3,(H,38,39)/t17-,27-,31-/m0/s1. The number of fused-ring (bicyclic) bond motifs is 1. The molecule has 7 nitrogen and oxygen atoms in total. The van der Waals surface area contributed by atoms with Crippen LogP contribution in [-0.2, 0) is 20.0 Å². The molecule has 41 heavy (non-hydrogen) atoms. The first-order chi connectivity index (χ1) is 19.6. The Bertz CT molecular complexity index is 1490. The van der Waals surface area contributed by atoms with Crippen molar-refractivity contribution in [2.24, 2.45) is 11.8 Å². The third-order valence-corrected chi connectivity index (χ3v) is 8.48. The summed E-state index contributed by atoms with van der Waals surface area (Å²) >= 11 is 12.3. The van der Waals surface area contributed by atoms with E-state index in [1.54, 1.807) is 48.5 Å². The van der Waals surface area contributed by atoms with Crippen molar-refractivity contribution in [1.29, 1.82) is 0 Å². The minimum atomic E-state index is -1.88. The molecule has 3 atom stereocenters. The van der Waals surface area contributed by atoms with E-state index in [-0.39, 0.29) is 28.4 Å². The van der Waals surface area contributed by atoms with Gasteiger partial charge >= 0.3 is 5.97 Å². The van der Waals surface area contributed by atoms with Crippen molar-refractivity contribution in [3.63, 3.8) is 0 Å². The Morgan fingerprint density at radius 3 is 2.20 bits per heavy atom. The fraction of sp³-hybridized carbons (Fsp3) is 0.323. The molecular weight excluding hydrogens is 572 g/mol. The third-order valence-electron chi connectivity index (χ3n) is 7.98. The summed E-state index contributed by atoms with van der Waals surface area (Å²) in [7, 11) is 1.33. The Balaban J connectivity index is 1.76. The normalized spacial score (nSPS) is 20.5. The highest BCUT2D eigenvalue weighted by molar-refractivity contribution is 6.30. The molecule has 1 amide bonds. The Labute approximate surface area is 246 Å². The summed E-state index contributed by atoms with van der Waals surface area (Å²) in [6, 6.07) is 14.2. The van der Waals surface area contributed by atoms with E-state index in [0.29, 0.717) is 47.2 Å². The van der Waals surface area contributed by atoms with Gasteiger partial charge in [0.25, 0.3) is 5.91 Å². The molecular formula is C31H28Cl2FNO6. The lowest BCUT2D eigenvalue weighted by molar-refractivity contribution is -0.149. The Morgan fingerprint density at radius 1 is 1.05 bits per heavy atom. The van der Waals surface area contributed by atoms with Crippen LogP contribution in [0.15, 0.2) is 60.7 Å². The number of benzene rings is 3. The molecule has 0 bridgehead atoms. The van der Waals surface area contributed by atoms with Crippen LogP contribution in [0.2, 0.25) is 10.0 Å². The molecule has 1 fully saturated rings. The van der Waals surface area contributed by atoms with Gasteiger partial charge in [0.05, 0.1) is 23.1 Å². The number of hydrogen-bond donors (Lipinski definition) is 1. The molecule has 3 aromatic carbocycles. The molecule has 1 saturated heterocycles. The average Bonchev–Trinajstić information content (AvgIpc) is 3.23. The number of nitrogens with zero attached hydrogens (tertiary/aromatic N) is 1. The van der Waals surface area contributed by atoms with Crippen LogP contribution in [0.1, 0.15) is 63.2 Å². The van der Waals surface area contributed by atoms with E-state index in [9.17, 15) is 19.5 Å². The zero-order chi connectivity index (χ0) is 29.5. The van der Waals surface area contributed by atoms with Crippen LogP contribution in [0.25, 0.3) is 0 Å². The van der Waals surface area contributed by atoms with Crippen molar-refractivity contribution in [3.05, 3.63) is 104 Å². The summed E-state index contributed by atoms with van der Waals surface area (Å²) in [6.45, 7) is 2.32. The van der Waals surface area contributed by atoms with Crippen LogP contribution in [0.5, 0.6) is 0 Å². The quantitative estimate of drug-likeness (QED) is 0.297. The van der Waals surface area contributed by atoms with Crippen molar-refractivity contribution in [2.45, 2.75) is 31.5 Å². The number of hydrogen-bond acceptors (Lipinski definition) is 5. The zero-order valence-corrected chi connectivity index (χ0v) is 23.9. The molecule has 0 unspecified atom stereocenters. The summed E-state index contributed by atoms with van der Waals surface area (Å²) < 4.78 is 27.8. The van der Waals surface area contributed by atoms with Gasteiger partial charge in [0.2, 0.25) is 0 Å². The number of ketones is 1. The van der Waals surface area contributed by atoms with E-state index in [4.69, 9.17) is 32.7 Å². The second kappa shape index (κ2) is 11.5. The molecule has 2 heterocycles. The first-order valence-electron chi connectivity index (χ1n) is 13.2. The molecule has 2 aliphatic rings. The van der Waals surface area contributed by atoms with E-state index >= 15 is 4.39 Å². The average molecular weight is 600 g/mol. The molecule has 0 radical (unpaired) electrons. The van der Waals surface area contributed by atoms with Crippen molar-refractivity contribution >= 4 is 40.9 Å². The number of carbonyl (C=O) groups is 3. The zero-order valence-electron chi connectivity index (χ0n) is 22.4. The lowest BCUT2D eigenvalue weighted by atomic mass is 9.86. The first-order valence-corrected chi connectivity index (χ1v) is 13.9. The van der Waals surface area contributed by atoms with Crippen LogP contribution in [-0.4, -0.2) is 48.0 Å². The highest BCUT2D eigenvalue weighted by Crippen LogP contribution is 2.52. The van der Waals surface area contributed by atoms with Crippen LogP contribution < -0.4 is 0 Å². The maximum absolute atomic E-state index is 16.4. The van der Waals surface area contributed by atoms with Gasteiger partial charge in [0.1, 0.15) is 5.82 Å². The van der Waals surface area contributed by atoms with Crippen molar-refractivity contribution in [2.75, 3.05) is 20.3 Å². The number of carboxylic acid groups (broad SMARTS) is 1. The lowest BCUT2D eigenvalue weighted by Gasteiger charge is -2.44. The molecule has 0 aliphatic carbocycles. The number of carbonyl (C=O) groups excluding carboxylic acids is 2. The third kappa shape index (κ3) is 5.03. The largest absolute Gasteiger partial charge is 0.481 e. The Hall–Kier alpha value is -3.30. The van der Waals surface area contributed by atoms with Crippen molar-refractivity contribution in [3.8, 4) is 0 Å². The Kier molecular flexibility index (Phi) is 8.21. The van der Waals surface area contributed by atoms with Gasteiger partial charge in [0, 0.05) is 47.4 Å². The molecule has 214 valence electrons. The van der Waals surface area contributed by atoms with Gasteiger partial charge in [-0.2, -0.15) is 0 Å². The first kappa shape index (κ1) is 29.2. The Morgan fingerprint density at radius 2 is 1.63 bits per heavy atom. The summed E-state index contributed by atoms with van der Waals surface area (Å²) in [4.78, 5) is 41.5. The van der Waals surface area contributed by atoms with E-state index in [1.807, 2.05) is 0 Å². The van der Waals surface area contributed by atoms with Crippen LogP contribution in [0, 0.1) is 17.7 Å². The summed E-state index contributed by atoms with van der Waals surface area (Å²) in [5, 5.41) is 11.0. The molecule has 1 N–H and O–H groups in total. The number of ether oxygens (including phenoxy) is 2. The van der Waals surface area contributed by atoms with E-state index in [0.717, 1.165) is 6.07 Å². The summed E-state index contributed by atoms with van der Waals surface area (Å²) in [5.74, 6) is -4.45.